The van der Waals surface area contributed by atoms with E-state index in [-0.39, 0.29) is 0 Å². The molecule has 0 bridgehead atoms. The number of nitrogens with zero attached hydrogens (tertiary/aromatic N) is 2. The predicted molar refractivity (Wildman–Crippen MR) is 74.6 cm³/mol. The van der Waals surface area contributed by atoms with Crippen molar-refractivity contribution in [2.75, 3.05) is 12.4 Å². The second-order valence-electron chi connectivity index (χ2n) is 6.88. The second kappa shape index (κ2) is 3.70. The highest BCUT2D eigenvalue weighted by Gasteiger charge is 2.53. The maximum Gasteiger partial charge on any atom is 0.0868 e. The van der Waals surface area contributed by atoms with Crippen molar-refractivity contribution in [2.45, 2.75) is 45.8 Å². The van der Waals surface area contributed by atoms with Crippen molar-refractivity contribution in [3.8, 4) is 0 Å². The van der Waals surface area contributed by atoms with Crippen molar-refractivity contribution >= 4 is 5.69 Å². The smallest absolute Gasteiger partial charge is 0.0868 e. The van der Waals surface area contributed by atoms with Gasteiger partial charge in [0, 0.05) is 35.6 Å². The van der Waals surface area contributed by atoms with E-state index < -0.39 is 0 Å². The largest absolute Gasteiger partial charge is 0.369 e. The van der Waals surface area contributed by atoms with Crippen LogP contribution in [0, 0.1) is 11.3 Å². The Morgan fingerprint density at radius 2 is 2.06 bits per heavy atom. The number of nitrogens with one attached hydrogen (secondary N) is 1. The fourth-order valence-corrected chi connectivity index (χ4v) is 4.04. The number of likely N-dealkylation sites (N-methyl/N-ethyl adjacent to an activating group) is 1. The summed E-state index contributed by atoms with van der Waals surface area (Å²) in [6, 6.07) is 2.70. The Balaban J connectivity index is 2.08. The molecular weight excluding hydrogens is 222 g/mol. The number of pyridine rings is 1. The van der Waals surface area contributed by atoms with Gasteiger partial charge in [-0.05, 0) is 31.4 Å². The summed E-state index contributed by atoms with van der Waals surface area (Å²) in [5.74, 6) is 1.22. The Bertz CT molecular complexity index is 463. The van der Waals surface area contributed by atoms with Crippen LogP contribution in [0.15, 0.2) is 18.5 Å². The van der Waals surface area contributed by atoms with E-state index >= 15 is 0 Å². The molecule has 0 saturated carbocycles. The lowest BCUT2D eigenvalue weighted by Crippen LogP contribution is -2.37. The molecule has 4 atom stereocenters. The molecule has 18 heavy (non-hydrogen) atoms. The number of fused-ring (bicyclic) bond motifs is 3. The number of anilines is 1. The Labute approximate surface area is 110 Å². The Hall–Kier alpha value is -1.09. The van der Waals surface area contributed by atoms with Gasteiger partial charge in [-0.25, -0.2) is 0 Å². The molecule has 3 heteroatoms. The minimum atomic E-state index is 0.312. The van der Waals surface area contributed by atoms with Crippen LogP contribution in [0.3, 0.4) is 0 Å². The molecule has 0 radical (unpaired) electrons. The van der Waals surface area contributed by atoms with Crippen molar-refractivity contribution in [2.24, 2.45) is 11.3 Å². The first kappa shape index (κ1) is 12.0. The van der Waals surface area contributed by atoms with Crippen molar-refractivity contribution in [1.29, 1.82) is 0 Å². The van der Waals surface area contributed by atoms with Gasteiger partial charge in [0.15, 0.2) is 0 Å². The van der Waals surface area contributed by atoms with Gasteiger partial charge >= 0.3 is 0 Å². The number of rotatable bonds is 0. The van der Waals surface area contributed by atoms with E-state index in [0.717, 1.165) is 0 Å². The summed E-state index contributed by atoms with van der Waals surface area (Å²) in [6.07, 6.45) is 4.36. The third-order valence-electron chi connectivity index (χ3n) is 4.84. The van der Waals surface area contributed by atoms with E-state index in [0.29, 0.717) is 29.5 Å². The summed E-state index contributed by atoms with van der Waals surface area (Å²) in [4.78, 5) is 6.81. The molecule has 1 N–H and O–H groups in total. The summed E-state index contributed by atoms with van der Waals surface area (Å²) in [5.41, 5.74) is 2.98. The van der Waals surface area contributed by atoms with Crippen LogP contribution in [0.2, 0.25) is 0 Å². The Kier molecular flexibility index (Phi) is 2.46. The lowest BCUT2D eigenvalue weighted by atomic mass is 9.70. The van der Waals surface area contributed by atoms with Crippen molar-refractivity contribution in [1.82, 2.24) is 9.88 Å². The minimum absolute atomic E-state index is 0.312. The maximum atomic E-state index is 4.32. The molecule has 2 aliphatic rings. The first-order chi connectivity index (χ1) is 8.41. The van der Waals surface area contributed by atoms with Gasteiger partial charge < -0.3 is 5.32 Å². The number of hydrogen-bond acceptors (Lipinski definition) is 3. The molecule has 3 nitrogen and oxygen atoms in total. The molecular formula is C15H23N3. The summed E-state index contributed by atoms with van der Waals surface area (Å²) in [5, 5.41) is 3.66. The summed E-state index contributed by atoms with van der Waals surface area (Å²) < 4.78 is 0. The van der Waals surface area contributed by atoms with E-state index in [4.69, 9.17) is 0 Å². The van der Waals surface area contributed by atoms with Crippen LogP contribution in [0.4, 0.5) is 5.69 Å². The van der Waals surface area contributed by atoms with Gasteiger partial charge in [-0.15, -0.1) is 0 Å². The number of hydrogen-bond donors (Lipinski definition) is 1. The maximum absolute atomic E-state index is 4.32. The zero-order valence-electron chi connectivity index (χ0n) is 11.9. The quantitative estimate of drug-likeness (QED) is 0.761. The average molecular weight is 245 g/mol. The van der Waals surface area contributed by atoms with Crippen LogP contribution in [0.1, 0.15) is 39.2 Å². The first-order valence-corrected chi connectivity index (χ1v) is 6.83. The van der Waals surface area contributed by atoms with E-state index in [2.05, 4.69) is 62.2 Å². The molecule has 2 aliphatic heterocycles. The molecule has 3 heterocycles. The fourth-order valence-electron chi connectivity index (χ4n) is 4.04. The molecule has 1 saturated heterocycles. The van der Waals surface area contributed by atoms with Crippen LogP contribution in [0.5, 0.6) is 0 Å². The third-order valence-corrected chi connectivity index (χ3v) is 4.84. The normalized spacial score (nSPS) is 35.2. The van der Waals surface area contributed by atoms with Gasteiger partial charge in [0.25, 0.3) is 0 Å². The number of aromatic nitrogens is 1. The van der Waals surface area contributed by atoms with Gasteiger partial charge in [-0.1, -0.05) is 20.8 Å². The molecule has 1 fully saturated rings. The zero-order chi connectivity index (χ0) is 13.1. The third kappa shape index (κ3) is 1.50. The average Bonchev–Trinajstić information content (AvgIpc) is 2.76. The van der Waals surface area contributed by atoms with Crippen LogP contribution in [0.25, 0.3) is 0 Å². The molecule has 1 aromatic rings. The van der Waals surface area contributed by atoms with Crippen LogP contribution < -0.4 is 5.32 Å². The minimum Gasteiger partial charge on any atom is -0.369 e. The van der Waals surface area contributed by atoms with Crippen molar-refractivity contribution in [3.05, 3.63) is 24.0 Å². The van der Waals surface area contributed by atoms with Crippen LogP contribution in [-0.2, 0) is 0 Å². The van der Waals surface area contributed by atoms with E-state index in [9.17, 15) is 0 Å². The fraction of sp³-hybridized carbons (Fsp3) is 0.667. The van der Waals surface area contributed by atoms with Crippen molar-refractivity contribution in [3.63, 3.8) is 0 Å². The summed E-state index contributed by atoms with van der Waals surface area (Å²) in [7, 11) is 2.24. The highest BCUT2D eigenvalue weighted by Crippen LogP contribution is 2.54. The summed E-state index contributed by atoms with van der Waals surface area (Å²) >= 11 is 0. The molecule has 3 rings (SSSR count). The number of likely N-dealkylation sites (tertiary alicyclic amines) is 1. The van der Waals surface area contributed by atoms with E-state index in [1.165, 1.54) is 11.3 Å². The Morgan fingerprint density at radius 1 is 1.33 bits per heavy atom. The molecule has 0 aliphatic carbocycles. The summed E-state index contributed by atoms with van der Waals surface area (Å²) in [6.45, 7) is 9.43. The molecule has 1 aromatic heterocycles. The lowest BCUT2D eigenvalue weighted by molar-refractivity contribution is 0.170. The molecule has 0 amide bonds. The van der Waals surface area contributed by atoms with Crippen LogP contribution >= 0.6 is 0 Å². The van der Waals surface area contributed by atoms with Gasteiger partial charge in [-0.2, -0.15) is 0 Å². The molecule has 4 unspecified atom stereocenters. The molecule has 98 valence electrons. The van der Waals surface area contributed by atoms with Gasteiger partial charge in [0.05, 0.1) is 6.17 Å². The van der Waals surface area contributed by atoms with Gasteiger partial charge in [0.1, 0.15) is 0 Å². The lowest BCUT2D eigenvalue weighted by Gasteiger charge is -2.35. The van der Waals surface area contributed by atoms with Crippen molar-refractivity contribution < 1.29 is 0 Å². The highest BCUT2D eigenvalue weighted by atomic mass is 15.3. The van der Waals surface area contributed by atoms with Gasteiger partial charge in [-0.3, -0.25) is 9.88 Å². The monoisotopic (exact) mass is 245 g/mol. The highest BCUT2D eigenvalue weighted by molar-refractivity contribution is 5.59. The van der Waals surface area contributed by atoms with Gasteiger partial charge in [0.2, 0.25) is 0 Å². The van der Waals surface area contributed by atoms with E-state index in [1.807, 2.05) is 6.20 Å². The standard InChI is InChI=1S/C15H23N3/c1-9-13(15(2,3)4)12-10-8-16-7-6-11(10)17-14(12)18(9)5/h6-9,12-14,17H,1-5H3. The predicted octanol–water partition coefficient (Wildman–Crippen LogP) is 2.91. The second-order valence-corrected chi connectivity index (χ2v) is 6.88. The first-order valence-electron chi connectivity index (χ1n) is 6.83. The molecule has 0 spiro atoms. The topological polar surface area (TPSA) is 28.2 Å². The van der Waals surface area contributed by atoms with Crippen LogP contribution in [-0.4, -0.2) is 29.1 Å². The SMILES string of the molecule is CC1C(C(C)(C)C)C2c3cnccc3NC2N1C. The molecule has 0 aromatic carbocycles. The van der Waals surface area contributed by atoms with E-state index in [1.54, 1.807) is 0 Å². The Morgan fingerprint density at radius 3 is 2.72 bits per heavy atom. The zero-order valence-corrected chi connectivity index (χ0v) is 11.9.